The maximum atomic E-state index is 12.4. The van der Waals surface area contributed by atoms with Crippen molar-refractivity contribution in [2.24, 2.45) is 0 Å². The van der Waals surface area contributed by atoms with Gasteiger partial charge in [0, 0.05) is 18.8 Å². The summed E-state index contributed by atoms with van der Waals surface area (Å²) in [7, 11) is -3.29. The molecular formula is C14H17N3O3S. The van der Waals surface area contributed by atoms with E-state index in [0.717, 1.165) is 18.4 Å². The van der Waals surface area contributed by atoms with Gasteiger partial charge in [0.1, 0.15) is 4.75 Å². The summed E-state index contributed by atoms with van der Waals surface area (Å²) in [6, 6.07) is 3.74. The first kappa shape index (κ1) is 14.2. The van der Waals surface area contributed by atoms with Crippen LogP contribution in [0.15, 0.2) is 29.0 Å². The normalized spacial score (nSPS) is 16.1. The average Bonchev–Trinajstić information content (AvgIpc) is 3.21. The van der Waals surface area contributed by atoms with Crippen LogP contribution in [0, 0.1) is 0 Å². The predicted molar refractivity (Wildman–Crippen MR) is 76.3 cm³/mol. The van der Waals surface area contributed by atoms with Crippen LogP contribution < -0.4 is 0 Å². The van der Waals surface area contributed by atoms with E-state index in [1.54, 1.807) is 26.2 Å². The molecule has 1 saturated carbocycles. The maximum absolute atomic E-state index is 12.4. The zero-order valence-electron chi connectivity index (χ0n) is 12.0. The largest absolute Gasteiger partial charge is 0.338 e. The van der Waals surface area contributed by atoms with Crippen LogP contribution in [0.3, 0.4) is 0 Å². The molecule has 112 valence electrons. The first-order valence-corrected chi connectivity index (χ1v) is 8.41. The number of pyridine rings is 1. The molecule has 2 heterocycles. The Bertz CT molecular complexity index is 734. The molecule has 1 aliphatic carbocycles. The van der Waals surface area contributed by atoms with E-state index in [0.29, 0.717) is 12.2 Å². The molecule has 0 spiro atoms. The van der Waals surface area contributed by atoms with E-state index in [4.69, 9.17) is 4.52 Å². The van der Waals surface area contributed by atoms with E-state index in [-0.39, 0.29) is 11.1 Å². The van der Waals surface area contributed by atoms with E-state index in [1.165, 1.54) is 0 Å². The van der Waals surface area contributed by atoms with Crippen LogP contribution in [0.25, 0.3) is 0 Å². The summed E-state index contributed by atoms with van der Waals surface area (Å²) in [4.78, 5) is 8.29. The molecule has 0 unspecified atom stereocenters. The molecule has 0 aliphatic heterocycles. The summed E-state index contributed by atoms with van der Waals surface area (Å²) in [6.45, 7) is 3.25. The van der Waals surface area contributed by atoms with Gasteiger partial charge in [0.15, 0.2) is 15.7 Å². The summed E-state index contributed by atoms with van der Waals surface area (Å²) in [5.41, 5.74) is 0.952. The van der Waals surface area contributed by atoms with E-state index in [9.17, 15) is 8.42 Å². The number of rotatable bonds is 5. The first-order valence-electron chi connectivity index (χ1n) is 6.86. The highest BCUT2D eigenvalue weighted by Crippen LogP contribution is 2.40. The van der Waals surface area contributed by atoms with Crippen LogP contribution >= 0.6 is 0 Å². The molecule has 3 rings (SSSR count). The standard InChI is InChI=1S/C14H17N3O3S/c1-14(2,21(18,19)11-5-6-11)13-16-12(17-20-13)8-10-4-3-7-15-9-10/h3-4,7,9,11H,5-6,8H2,1-2H3. The zero-order valence-corrected chi connectivity index (χ0v) is 12.8. The molecule has 1 aliphatic rings. The molecular weight excluding hydrogens is 290 g/mol. The van der Waals surface area contributed by atoms with E-state index in [2.05, 4.69) is 15.1 Å². The lowest BCUT2D eigenvalue weighted by molar-refractivity contribution is 0.343. The smallest absolute Gasteiger partial charge is 0.247 e. The third-order valence-corrected chi connectivity index (χ3v) is 6.69. The topological polar surface area (TPSA) is 85.9 Å². The molecule has 2 aromatic heterocycles. The van der Waals surface area contributed by atoms with E-state index in [1.807, 2.05) is 12.1 Å². The lowest BCUT2D eigenvalue weighted by Gasteiger charge is -2.19. The third kappa shape index (κ3) is 2.57. The van der Waals surface area contributed by atoms with Crippen LogP contribution in [0.5, 0.6) is 0 Å². The monoisotopic (exact) mass is 307 g/mol. The van der Waals surface area contributed by atoms with Crippen molar-refractivity contribution in [3.63, 3.8) is 0 Å². The van der Waals surface area contributed by atoms with Crippen LogP contribution in [-0.4, -0.2) is 28.8 Å². The Labute approximate surface area is 123 Å². The summed E-state index contributed by atoms with van der Waals surface area (Å²) < 4.78 is 29.0. The van der Waals surface area contributed by atoms with Crippen LogP contribution in [0.1, 0.15) is 44.0 Å². The van der Waals surface area contributed by atoms with Gasteiger partial charge in [-0.2, -0.15) is 4.98 Å². The SMILES string of the molecule is CC(C)(c1nc(Cc2cccnc2)no1)S(=O)(=O)C1CC1. The lowest BCUT2D eigenvalue weighted by Crippen LogP contribution is -2.32. The van der Waals surface area contributed by atoms with Gasteiger partial charge in [-0.15, -0.1) is 0 Å². The van der Waals surface area contributed by atoms with Gasteiger partial charge < -0.3 is 4.52 Å². The average molecular weight is 307 g/mol. The Kier molecular flexibility index (Phi) is 3.32. The summed E-state index contributed by atoms with van der Waals surface area (Å²) in [5.74, 6) is 0.630. The van der Waals surface area contributed by atoms with Crippen molar-refractivity contribution in [1.29, 1.82) is 0 Å². The van der Waals surface area contributed by atoms with E-state index < -0.39 is 14.6 Å². The molecule has 0 saturated heterocycles. The Balaban J connectivity index is 1.84. The van der Waals surface area contributed by atoms with Gasteiger partial charge in [0.25, 0.3) is 0 Å². The van der Waals surface area contributed by atoms with E-state index >= 15 is 0 Å². The Hall–Kier alpha value is -1.76. The molecule has 0 atom stereocenters. The molecule has 6 nitrogen and oxygen atoms in total. The fraction of sp³-hybridized carbons (Fsp3) is 0.500. The van der Waals surface area contributed by atoms with Crippen molar-refractivity contribution < 1.29 is 12.9 Å². The summed E-state index contributed by atoms with van der Waals surface area (Å²) in [5, 5.41) is 3.63. The highest BCUT2D eigenvalue weighted by Gasteiger charge is 2.50. The van der Waals surface area contributed by atoms with Gasteiger partial charge >= 0.3 is 0 Å². The fourth-order valence-electron chi connectivity index (χ4n) is 2.17. The maximum Gasteiger partial charge on any atom is 0.247 e. The third-order valence-electron chi connectivity index (χ3n) is 3.74. The molecule has 0 radical (unpaired) electrons. The van der Waals surface area contributed by atoms with Gasteiger partial charge in [-0.3, -0.25) is 4.98 Å². The van der Waals surface area contributed by atoms with Crippen molar-refractivity contribution in [2.45, 2.75) is 43.1 Å². The molecule has 21 heavy (non-hydrogen) atoms. The number of nitrogens with zero attached hydrogens (tertiary/aromatic N) is 3. The van der Waals surface area contributed by atoms with Crippen molar-refractivity contribution in [1.82, 2.24) is 15.1 Å². The minimum Gasteiger partial charge on any atom is -0.338 e. The molecule has 0 amide bonds. The quantitative estimate of drug-likeness (QED) is 0.838. The molecule has 1 fully saturated rings. The second-order valence-corrected chi connectivity index (χ2v) is 8.59. The summed E-state index contributed by atoms with van der Waals surface area (Å²) in [6.07, 6.45) is 5.33. The Morgan fingerprint density at radius 3 is 2.76 bits per heavy atom. The number of hydrogen-bond donors (Lipinski definition) is 0. The van der Waals surface area contributed by atoms with Gasteiger partial charge in [-0.1, -0.05) is 11.2 Å². The zero-order chi connectivity index (χ0) is 15.1. The molecule has 2 aromatic rings. The van der Waals surface area contributed by atoms with Crippen LogP contribution in [-0.2, 0) is 21.0 Å². The molecule has 0 aromatic carbocycles. The van der Waals surface area contributed by atoms with Gasteiger partial charge in [0.2, 0.25) is 5.89 Å². The first-order chi connectivity index (χ1) is 9.91. The highest BCUT2D eigenvalue weighted by molar-refractivity contribution is 7.93. The van der Waals surface area contributed by atoms with Crippen molar-refractivity contribution in [3.05, 3.63) is 41.8 Å². The summed E-state index contributed by atoms with van der Waals surface area (Å²) >= 11 is 0. The van der Waals surface area contributed by atoms with Crippen molar-refractivity contribution >= 4 is 9.84 Å². The van der Waals surface area contributed by atoms with Crippen LogP contribution in [0.2, 0.25) is 0 Å². The number of hydrogen-bond acceptors (Lipinski definition) is 6. The van der Waals surface area contributed by atoms with Crippen LogP contribution in [0.4, 0.5) is 0 Å². The molecule has 0 N–H and O–H groups in total. The van der Waals surface area contributed by atoms with Gasteiger partial charge in [0.05, 0.1) is 5.25 Å². The Morgan fingerprint density at radius 2 is 2.14 bits per heavy atom. The van der Waals surface area contributed by atoms with Crippen molar-refractivity contribution in [3.8, 4) is 0 Å². The predicted octanol–water partition coefficient (Wildman–Crippen LogP) is 1.87. The fourth-order valence-corrected chi connectivity index (χ4v) is 4.09. The van der Waals surface area contributed by atoms with Crippen molar-refractivity contribution in [2.75, 3.05) is 0 Å². The lowest BCUT2D eigenvalue weighted by atomic mass is 10.2. The number of aromatic nitrogens is 3. The molecule has 0 bridgehead atoms. The minimum absolute atomic E-state index is 0.160. The Morgan fingerprint density at radius 1 is 1.38 bits per heavy atom. The van der Waals surface area contributed by atoms with Gasteiger partial charge in [-0.05, 0) is 38.3 Å². The number of sulfone groups is 1. The highest BCUT2D eigenvalue weighted by atomic mass is 32.2. The van der Waals surface area contributed by atoms with Gasteiger partial charge in [-0.25, -0.2) is 8.42 Å². The molecule has 7 heteroatoms. The minimum atomic E-state index is -3.29. The second kappa shape index (κ2) is 4.91. The second-order valence-electron chi connectivity index (χ2n) is 5.81.